The molecule has 0 fully saturated rings. The van der Waals surface area contributed by atoms with Crippen LogP contribution in [0.3, 0.4) is 0 Å². The van der Waals surface area contributed by atoms with Crippen LogP contribution in [0.1, 0.15) is 16.8 Å². The second-order valence-corrected chi connectivity index (χ2v) is 7.95. The van der Waals surface area contributed by atoms with E-state index in [1.54, 1.807) is 6.07 Å². The fourth-order valence-corrected chi connectivity index (χ4v) is 3.87. The molecule has 0 N–H and O–H groups in total. The molecule has 2 aromatic carbocycles. The van der Waals surface area contributed by atoms with Gasteiger partial charge in [-0.3, -0.25) is 0 Å². The Labute approximate surface area is 152 Å². The maximum Gasteiger partial charge on any atom is 0.416 e. The van der Waals surface area contributed by atoms with Gasteiger partial charge in [0.05, 0.1) is 22.8 Å². The van der Waals surface area contributed by atoms with Crippen molar-refractivity contribution in [3.05, 3.63) is 77.4 Å². The highest BCUT2D eigenvalue weighted by Gasteiger charge is 2.30. The van der Waals surface area contributed by atoms with Gasteiger partial charge in [-0.1, -0.05) is 24.3 Å². The number of alkyl halides is 3. The minimum atomic E-state index is -4.55. The van der Waals surface area contributed by atoms with Crippen LogP contribution in [-0.2, 0) is 27.5 Å². The van der Waals surface area contributed by atoms with Crippen LogP contribution in [0.4, 0.5) is 17.6 Å². The molecule has 0 unspecified atom stereocenters. The Morgan fingerprint density at radius 1 is 1.00 bits per heavy atom. The van der Waals surface area contributed by atoms with Crippen LogP contribution in [0.25, 0.3) is 11.5 Å². The number of benzene rings is 2. The zero-order valence-corrected chi connectivity index (χ0v) is 14.5. The Morgan fingerprint density at radius 3 is 2.44 bits per heavy atom. The van der Waals surface area contributed by atoms with Gasteiger partial charge in [0.25, 0.3) is 0 Å². The Balaban J connectivity index is 1.76. The van der Waals surface area contributed by atoms with Crippen molar-refractivity contribution >= 4 is 9.84 Å². The zero-order valence-electron chi connectivity index (χ0n) is 13.7. The Bertz CT molecular complexity index is 1060. The van der Waals surface area contributed by atoms with E-state index < -0.39 is 38.9 Å². The van der Waals surface area contributed by atoms with Gasteiger partial charge in [0, 0.05) is 5.56 Å². The molecular formula is C18H13F4NO3S. The molecular weight excluding hydrogens is 386 g/mol. The summed E-state index contributed by atoms with van der Waals surface area (Å²) < 4.78 is 81.3. The molecule has 0 aliphatic rings. The molecule has 9 heteroatoms. The lowest BCUT2D eigenvalue weighted by atomic mass is 10.1. The van der Waals surface area contributed by atoms with Gasteiger partial charge in [-0.25, -0.2) is 17.8 Å². The van der Waals surface area contributed by atoms with Crippen molar-refractivity contribution in [2.45, 2.75) is 17.7 Å². The molecule has 0 spiro atoms. The van der Waals surface area contributed by atoms with Crippen molar-refractivity contribution < 1.29 is 30.4 Å². The lowest BCUT2D eigenvalue weighted by molar-refractivity contribution is -0.137. The average molecular weight is 399 g/mol. The Hall–Kier alpha value is -2.68. The number of oxazole rings is 1. The smallest absolute Gasteiger partial charge is 0.416 e. The summed E-state index contributed by atoms with van der Waals surface area (Å²) in [5, 5.41) is 0. The van der Waals surface area contributed by atoms with Crippen LogP contribution in [0.15, 0.2) is 59.2 Å². The van der Waals surface area contributed by atoms with Crippen LogP contribution in [0, 0.1) is 5.82 Å². The van der Waals surface area contributed by atoms with Crippen LogP contribution in [0.5, 0.6) is 0 Å². The molecule has 0 saturated heterocycles. The molecule has 0 bridgehead atoms. The molecule has 1 aromatic heterocycles. The number of nitrogens with zero attached hydrogens (tertiary/aromatic N) is 1. The molecule has 0 atom stereocenters. The summed E-state index contributed by atoms with van der Waals surface area (Å²) in [7, 11) is -3.79. The monoisotopic (exact) mass is 399 g/mol. The summed E-state index contributed by atoms with van der Waals surface area (Å²) in [5.74, 6) is -1.52. The van der Waals surface area contributed by atoms with E-state index in [0.717, 1.165) is 24.5 Å². The SMILES string of the molecule is O=S(=O)(Cc1cccc(C(F)(F)F)c1)Cc1coc(-c2cccc(F)c2)n1. The highest BCUT2D eigenvalue weighted by Crippen LogP contribution is 2.30. The van der Waals surface area contributed by atoms with Crippen molar-refractivity contribution in [3.63, 3.8) is 0 Å². The topological polar surface area (TPSA) is 60.2 Å². The third-order valence-corrected chi connectivity index (χ3v) is 5.14. The maximum atomic E-state index is 13.2. The zero-order chi connectivity index (χ0) is 19.7. The Morgan fingerprint density at radius 2 is 1.74 bits per heavy atom. The second kappa shape index (κ2) is 7.15. The van der Waals surface area contributed by atoms with Crippen molar-refractivity contribution in [2.75, 3.05) is 0 Å². The first-order valence-electron chi connectivity index (χ1n) is 7.69. The van der Waals surface area contributed by atoms with E-state index in [2.05, 4.69) is 4.98 Å². The van der Waals surface area contributed by atoms with Crippen molar-refractivity contribution in [2.24, 2.45) is 0 Å². The highest BCUT2D eigenvalue weighted by atomic mass is 32.2. The van der Waals surface area contributed by atoms with Crippen molar-refractivity contribution in [1.29, 1.82) is 0 Å². The van der Waals surface area contributed by atoms with Crippen LogP contribution in [-0.4, -0.2) is 13.4 Å². The minimum absolute atomic E-state index is 0.0265. The highest BCUT2D eigenvalue weighted by molar-refractivity contribution is 7.89. The molecule has 3 aromatic rings. The molecule has 4 nitrogen and oxygen atoms in total. The van der Waals surface area contributed by atoms with Gasteiger partial charge >= 0.3 is 6.18 Å². The number of hydrogen-bond donors (Lipinski definition) is 0. The van der Waals surface area contributed by atoms with Gasteiger partial charge < -0.3 is 4.42 Å². The van der Waals surface area contributed by atoms with E-state index in [1.807, 2.05) is 0 Å². The number of sulfone groups is 1. The largest absolute Gasteiger partial charge is 0.444 e. The summed E-state index contributed by atoms with van der Waals surface area (Å²) in [6.07, 6.45) is -3.42. The van der Waals surface area contributed by atoms with Crippen molar-refractivity contribution in [3.8, 4) is 11.5 Å². The number of halogens is 4. The van der Waals surface area contributed by atoms with Gasteiger partial charge in [-0.15, -0.1) is 0 Å². The van der Waals surface area contributed by atoms with Gasteiger partial charge in [0.15, 0.2) is 9.84 Å². The minimum Gasteiger partial charge on any atom is -0.444 e. The molecule has 0 aliphatic heterocycles. The summed E-state index contributed by atoms with van der Waals surface area (Å²) in [4.78, 5) is 4.01. The maximum absolute atomic E-state index is 13.2. The summed E-state index contributed by atoms with van der Waals surface area (Å²) >= 11 is 0. The molecule has 1 heterocycles. The molecule has 0 saturated carbocycles. The number of rotatable bonds is 5. The van der Waals surface area contributed by atoms with Crippen LogP contribution < -0.4 is 0 Å². The van der Waals surface area contributed by atoms with Crippen LogP contribution >= 0.6 is 0 Å². The van der Waals surface area contributed by atoms with E-state index in [4.69, 9.17) is 4.42 Å². The first-order chi connectivity index (χ1) is 12.6. The van der Waals surface area contributed by atoms with Crippen molar-refractivity contribution in [1.82, 2.24) is 4.98 Å². The van der Waals surface area contributed by atoms with E-state index in [1.165, 1.54) is 24.3 Å². The van der Waals surface area contributed by atoms with Gasteiger partial charge in [-0.2, -0.15) is 13.2 Å². The summed E-state index contributed by atoms with van der Waals surface area (Å²) in [6, 6.07) is 9.59. The fraction of sp³-hybridized carbons (Fsp3) is 0.167. The molecule has 3 rings (SSSR count). The number of aromatic nitrogens is 1. The lowest BCUT2D eigenvalue weighted by Gasteiger charge is -2.08. The Kier molecular flexibility index (Phi) is 5.05. The van der Waals surface area contributed by atoms with Gasteiger partial charge in [0.2, 0.25) is 5.89 Å². The molecule has 0 amide bonds. The first-order valence-corrected chi connectivity index (χ1v) is 9.51. The summed E-state index contributed by atoms with van der Waals surface area (Å²) in [5.41, 5.74) is -0.457. The third kappa shape index (κ3) is 4.94. The average Bonchev–Trinajstić information content (AvgIpc) is 3.01. The predicted molar refractivity (Wildman–Crippen MR) is 89.7 cm³/mol. The van der Waals surface area contributed by atoms with E-state index >= 15 is 0 Å². The molecule has 0 radical (unpaired) electrons. The van der Waals surface area contributed by atoms with Gasteiger partial charge in [0.1, 0.15) is 12.1 Å². The molecule has 142 valence electrons. The van der Waals surface area contributed by atoms with Gasteiger partial charge in [-0.05, 0) is 29.8 Å². The van der Waals surface area contributed by atoms with E-state index in [-0.39, 0.29) is 17.1 Å². The third-order valence-electron chi connectivity index (χ3n) is 3.63. The first kappa shape index (κ1) is 19.1. The second-order valence-electron chi connectivity index (χ2n) is 5.88. The lowest BCUT2D eigenvalue weighted by Crippen LogP contribution is -2.10. The van der Waals surface area contributed by atoms with E-state index in [0.29, 0.717) is 5.56 Å². The number of hydrogen-bond acceptors (Lipinski definition) is 4. The summed E-state index contributed by atoms with van der Waals surface area (Å²) in [6.45, 7) is 0. The van der Waals surface area contributed by atoms with E-state index in [9.17, 15) is 26.0 Å². The fourth-order valence-electron chi connectivity index (χ4n) is 2.50. The standard InChI is InChI=1S/C18H13F4NO3S/c19-15-6-2-4-13(8-15)17-23-16(9-26-17)11-27(24,25)10-12-3-1-5-14(7-12)18(20,21)22/h1-9H,10-11H2. The molecule has 0 aliphatic carbocycles. The molecule has 27 heavy (non-hydrogen) atoms. The van der Waals surface area contributed by atoms with Crippen LogP contribution in [0.2, 0.25) is 0 Å². The quantitative estimate of drug-likeness (QED) is 0.588. The normalized spacial score (nSPS) is 12.3. The predicted octanol–water partition coefficient (Wildman–Crippen LogP) is 4.61.